The molecule has 0 fully saturated rings. The summed E-state index contributed by atoms with van der Waals surface area (Å²) in [6, 6.07) is 28.7. The van der Waals surface area contributed by atoms with Crippen LogP contribution in [0.15, 0.2) is 97.1 Å². The Balaban J connectivity index is 1.70. The molecular formula is C30H30N2O4. The third-order valence-electron chi connectivity index (χ3n) is 6.17. The van der Waals surface area contributed by atoms with E-state index in [0.717, 1.165) is 28.5 Å². The lowest BCUT2D eigenvalue weighted by Gasteiger charge is -2.36. The predicted octanol–water partition coefficient (Wildman–Crippen LogP) is 6.61. The number of para-hydroxylation sites is 1. The van der Waals surface area contributed by atoms with Gasteiger partial charge in [0.05, 0.1) is 17.3 Å². The van der Waals surface area contributed by atoms with Gasteiger partial charge in [-0.3, -0.25) is 4.90 Å². The topological polar surface area (TPSA) is 79.7 Å². The van der Waals surface area contributed by atoms with Crippen molar-refractivity contribution in [2.45, 2.75) is 44.9 Å². The summed E-state index contributed by atoms with van der Waals surface area (Å²) in [7, 11) is 0. The second-order valence-corrected chi connectivity index (χ2v) is 8.68. The summed E-state index contributed by atoms with van der Waals surface area (Å²) in [5, 5.41) is 11.2. The first kappa shape index (κ1) is 24.9. The number of carbonyl (C=O) groups is 2. The Morgan fingerprint density at radius 2 is 1.47 bits per heavy atom. The number of aromatic nitrogens is 1. The van der Waals surface area contributed by atoms with Crippen LogP contribution in [0.2, 0.25) is 0 Å². The van der Waals surface area contributed by atoms with Crippen LogP contribution in [0.3, 0.4) is 0 Å². The van der Waals surface area contributed by atoms with E-state index in [9.17, 15) is 14.7 Å². The van der Waals surface area contributed by atoms with Crippen molar-refractivity contribution in [1.82, 2.24) is 9.88 Å². The molecule has 1 aromatic heterocycles. The van der Waals surface area contributed by atoms with Gasteiger partial charge >= 0.3 is 12.1 Å². The Morgan fingerprint density at radius 1 is 0.861 bits per heavy atom. The van der Waals surface area contributed by atoms with Crippen molar-refractivity contribution < 1.29 is 19.4 Å². The van der Waals surface area contributed by atoms with E-state index in [0.29, 0.717) is 18.5 Å². The lowest BCUT2D eigenvalue weighted by atomic mass is 9.94. The molecule has 6 heteroatoms. The molecule has 0 saturated carbocycles. The van der Waals surface area contributed by atoms with E-state index < -0.39 is 24.1 Å². The lowest BCUT2D eigenvalue weighted by Crippen LogP contribution is -2.47. The number of carboxylic acid groups (broad SMARTS) is 1. The Kier molecular flexibility index (Phi) is 8.29. The van der Waals surface area contributed by atoms with Gasteiger partial charge in [0.2, 0.25) is 0 Å². The summed E-state index contributed by atoms with van der Waals surface area (Å²) in [5.74, 6) is -1.05. The summed E-state index contributed by atoms with van der Waals surface area (Å²) in [6.45, 7) is 1.94. The molecule has 3 aromatic carbocycles. The summed E-state index contributed by atoms with van der Waals surface area (Å²) in [5.41, 5.74) is 3.03. The van der Waals surface area contributed by atoms with Crippen LogP contribution in [0.4, 0.5) is 4.79 Å². The molecule has 1 N–H and O–H groups in total. The quantitative estimate of drug-likeness (QED) is 0.275. The van der Waals surface area contributed by atoms with Gasteiger partial charge in [0.1, 0.15) is 12.6 Å². The Labute approximate surface area is 211 Å². The van der Waals surface area contributed by atoms with E-state index in [1.807, 2.05) is 104 Å². The molecule has 36 heavy (non-hydrogen) atoms. The van der Waals surface area contributed by atoms with Crippen molar-refractivity contribution in [2.24, 2.45) is 0 Å². The zero-order valence-corrected chi connectivity index (χ0v) is 20.3. The molecule has 0 radical (unpaired) electrons. The Bertz CT molecular complexity index is 1250. The molecule has 0 saturated heterocycles. The summed E-state index contributed by atoms with van der Waals surface area (Å²) >= 11 is 0. The van der Waals surface area contributed by atoms with Gasteiger partial charge in [-0.1, -0.05) is 105 Å². The van der Waals surface area contributed by atoms with E-state index in [1.165, 1.54) is 4.90 Å². The summed E-state index contributed by atoms with van der Waals surface area (Å²) in [4.78, 5) is 32.1. The Morgan fingerprint density at radius 3 is 2.08 bits per heavy atom. The van der Waals surface area contributed by atoms with Crippen LogP contribution >= 0.6 is 0 Å². The molecule has 0 aliphatic heterocycles. The van der Waals surface area contributed by atoms with Crippen LogP contribution in [0.25, 0.3) is 10.9 Å². The van der Waals surface area contributed by atoms with Crippen molar-refractivity contribution in [1.29, 1.82) is 0 Å². The largest absolute Gasteiger partial charge is 0.480 e. The minimum Gasteiger partial charge on any atom is -0.480 e. The fourth-order valence-corrected chi connectivity index (χ4v) is 4.37. The number of aliphatic carboxylic acids is 1. The number of pyridine rings is 1. The fraction of sp³-hybridized carbons (Fsp3) is 0.233. The van der Waals surface area contributed by atoms with Gasteiger partial charge < -0.3 is 9.84 Å². The molecule has 0 spiro atoms. The van der Waals surface area contributed by atoms with E-state index >= 15 is 0 Å². The summed E-state index contributed by atoms with van der Waals surface area (Å²) < 4.78 is 5.74. The molecule has 0 aliphatic rings. The highest BCUT2D eigenvalue weighted by Gasteiger charge is 2.37. The van der Waals surface area contributed by atoms with Crippen LogP contribution in [0, 0.1) is 0 Å². The van der Waals surface area contributed by atoms with Gasteiger partial charge in [0.15, 0.2) is 0 Å². The number of hydrogen-bond donors (Lipinski definition) is 1. The number of hydrogen-bond acceptors (Lipinski definition) is 4. The van der Waals surface area contributed by atoms with Crippen molar-refractivity contribution in [3.63, 3.8) is 0 Å². The maximum absolute atomic E-state index is 13.7. The minimum atomic E-state index is -1.05. The van der Waals surface area contributed by atoms with E-state index in [4.69, 9.17) is 4.74 Å². The number of carbonyl (C=O) groups excluding carboxylic acids is 1. The number of benzene rings is 3. The first-order valence-electron chi connectivity index (χ1n) is 12.2. The second-order valence-electron chi connectivity index (χ2n) is 8.68. The first-order valence-corrected chi connectivity index (χ1v) is 12.2. The van der Waals surface area contributed by atoms with Crippen molar-refractivity contribution in [3.05, 3.63) is 114 Å². The normalized spacial score (nSPS) is 11.8. The summed E-state index contributed by atoms with van der Waals surface area (Å²) in [6.07, 6.45) is 1.12. The maximum Gasteiger partial charge on any atom is 0.411 e. The molecular weight excluding hydrogens is 452 g/mol. The number of carboxylic acids is 1. The highest BCUT2D eigenvalue weighted by Crippen LogP contribution is 2.32. The van der Waals surface area contributed by atoms with Crippen molar-refractivity contribution in [3.8, 4) is 0 Å². The number of unbranched alkanes of at least 4 members (excludes halogenated alkanes) is 1. The van der Waals surface area contributed by atoms with Gasteiger partial charge in [-0.15, -0.1) is 0 Å². The number of amides is 1. The van der Waals surface area contributed by atoms with Crippen LogP contribution in [-0.2, 0) is 16.1 Å². The molecule has 1 atom stereocenters. The molecule has 1 amide bonds. The number of ether oxygens (including phenoxy) is 1. The number of rotatable bonds is 10. The van der Waals surface area contributed by atoms with Crippen LogP contribution in [0.1, 0.15) is 49.0 Å². The van der Waals surface area contributed by atoms with Crippen molar-refractivity contribution in [2.75, 3.05) is 0 Å². The number of nitrogens with zero attached hydrogens (tertiary/aromatic N) is 2. The first-order chi connectivity index (χ1) is 17.6. The van der Waals surface area contributed by atoms with E-state index in [1.54, 1.807) is 0 Å². The molecule has 4 rings (SSSR count). The lowest BCUT2D eigenvalue weighted by molar-refractivity contribution is -0.143. The maximum atomic E-state index is 13.7. The monoisotopic (exact) mass is 482 g/mol. The second kappa shape index (κ2) is 12.0. The highest BCUT2D eigenvalue weighted by atomic mass is 16.6. The van der Waals surface area contributed by atoms with Gasteiger partial charge in [-0.2, -0.15) is 0 Å². The standard InChI is InChI=1S/C30H30N2O4/c1-2-3-18-27(29(33)34)32(28(23-13-6-4-7-14-23)24-15-8-5-9-16-24)30(35)36-21-25-20-19-22-12-10-11-17-26(22)31-25/h4-17,19-20,27-28H,2-3,18,21H2,1H3,(H,33,34)/t27-/m0/s1. The molecule has 1 heterocycles. The third kappa shape index (κ3) is 5.89. The smallest absolute Gasteiger partial charge is 0.411 e. The van der Waals surface area contributed by atoms with E-state index in [-0.39, 0.29) is 6.61 Å². The highest BCUT2D eigenvalue weighted by molar-refractivity contribution is 5.81. The Hall–Kier alpha value is -4.19. The SMILES string of the molecule is CCCC[C@@H](C(=O)O)N(C(=O)OCc1ccc2ccccc2n1)C(c1ccccc1)c1ccccc1. The minimum absolute atomic E-state index is 0.0589. The van der Waals surface area contributed by atoms with Crippen LogP contribution < -0.4 is 0 Å². The third-order valence-corrected chi connectivity index (χ3v) is 6.17. The number of fused-ring (bicyclic) bond motifs is 1. The fourth-order valence-electron chi connectivity index (χ4n) is 4.37. The van der Waals surface area contributed by atoms with Gasteiger partial charge in [-0.05, 0) is 29.7 Å². The molecule has 6 nitrogen and oxygen atoms in total. The van der Waals surface area contributed by atoms with E-state index in [2.05, 4.69) is 4.98 Å². The van der Waals surface area contributed by atoms with Gasteiger partial charge in [-0.25, -0.2) is 14.6 Å². The molecule has 4 aromatic rings. The van der Waals surface area contributed by atoms with Gasteiger partial charge in [0, 0.05) is 5.39 Å². The molecule has 0 unspecified atom stereocenters. The average Bonchev–Trinajstić information content (AvgIpc) is 2.92. The molecule has 0 aliphatic carbocycles. The zero-order valence-electron chi connectivity index (χ0n) is 20.3. The zero-order chi connectivity index (χ0) is 25.3. The molecule has 184 valence electrons. The molecule has 0 bridgehead atoms. The van der Waals surface area contributed by atoms with Crippen LogP contribution in [0.5, 0.6) is 0 Å². The van der Waals surface area contributed by atoms with Gasteiger partial charge in [0.25, 0.3) is 0 Å². The van der Waals surface area contributed by atoms with Crippen LogP contribution in [-0.4, -0.2) is 33.1 Å². The predicted molar refractivity (Wildman–Crippen MR) is 139 cm³/mol. The average molecular weight is 483 g/mol. The van der Waals surface area contributed by atoms with Crippen molar-refractivity contribution >= 4 is 23.0 Å².